The van der Waals surface area contributed by atoms with Gasteiger partial charge in [0.15, 0.2) is 0 Å². The zero-order valence-corrected chi connectivity index (χ0v) is 11.1. The van der Waals surface area contributed by atoms with Gasteiger partial charge < -0.3 is 10.2 Å². The van der Waals surface area contributed by atoms with Gasteiger partial charge in [0.1, 0.15) is 0 Å². The third-order valence-electron chi connectivity index (χ3n) is 3.74. The molecule has 1 fully saturated rings. The van der Waals surface area contributed by atoms with Gasteiger partial charge in [-0.2, -0.15) is 0 Å². The quantitative estimate of drug-likeness (QED) is 0.862. The highest BCUT2D eigenvalue weighted by Gasteiger charge is 2.26. The van der Waals surface area contributed by atoms with E-state index in [0.29, 0.717) is 6.54 Å². The maximum Gasteiger partial charge on any atom is 0.337 e. The van der Waals surface area contributed by atoms with Gasteiger partial charge in [0.2, 0.25) is 0 Å². The summed E-state index contributed by atoms with van der Waals surface area (Å²) in [6.45, 7) is 0.627. The fourth-order valence-electron chi connectivity index (χ4n) is 2.62. The number of aromatic carboxylic acids is 1. The van der Waals surface area contributed by atoms with E-state index in [1.165, 1.54) is 6.20 Å². The second-order valence-electron chi connectivity index (χ2n) is 5.18. The Labute approximate surface area is 112 Å². The van der Waals surface area contributed by atoms with Gasteiger partial charge in [-0.3, -0.25) is 9.88 Å². The molecule has 1 aliphatic rings. The topological polar surface area (TPSA) is 73.7 Å². The zero-order valence-electron chi connectivity index (χ0n) is 11.1. The smallest absolute Gasteiger partial charge is 0.337 e. The highest BCUT2D eigenvalue weighted by atomic mass is 16.4. The van der Waals surface area contributed by atoms with E-state index in [1.54, 1.807) is 12.1 Å². The molecule has 2 N–H and O–H groups in total. The molecule has 2 unspecified atom stereocenters. The fourth-order valence-corrected chi connectivity index (χ4v) is 2.62. The lowest BCUT2D eigenvalue weighted by Gasteiger charge is -2.35. The van der Waals surface area contributed by atoms with Crippen molar-refractivity contribution in [2.45, 2.75) is 44.4 Å². The van der Waals surface area contributed by atoms with Crippen LogP contribution in [0.4, 0.5) is 0 Å². The summed E-state index contributed by atoms with van der Waals surface area (Å²) in [4.78, 5) is 17.0. The maximum absolute atomic E-state index is 10.7. The molecule has 1 aromatic heterocycles. The van der Waals surface area contributed by atoms with Gasteiger partial charge in [0.05, 0.1) is 17.4 Å². The highest BCUT2D eigenvalue weighted by Crippen LogP contribution is 2.23. The summed E-state index contributed by atoms with van der Waals surface area (Å²) >= 11 is 0. The molecule has 2 rings (SSSR count). The normalized spacial score (nSPS) is 23.5. The average Bonchev–Trinajstić information content (AvgIpc) is 2.39. The molecule has 0 bridgehead atoms. The van der Waals surface area contributed by atoms with E-state index in [0.717, 1.165) is 31.4 Å². The molecular formula is C14H20N2O3. The van der Waals surface area contributed by atoms with Crippen LogP contribution in [0.3, 0.4) is 0 Å². The molecule has 2 atom stereocenters. The lowest BCUT2D eigenvalue weighted by molar-refractivity contribution is 0.0283. The predicted octanol–water partition coefficient (Wildman–Crippen LogP) is 1.52. The fraction of sp³-hybridized carbons (Fsp3) is 0.571. The first-order valence-electron chi connectivity index (χ1n) is 6.64. The van der Waals surface area contributed by atoms with E-state index >= 15 is 0 Å². The summed E-state index contributed by atoms with van der Waals surface area (Å²) in [7, 11) is 1.98. The Morgan fingerprint density at radius 3 is 2.74 bits per heavy atom. The van der Waals surface area contributed by atoms with Crippen molar-refractivity contribution in [1.29, 1.82) is 0 Å². The molecule has 1 aromatic rings. The van der Waals surface area contributed by atoms with E-state index in [4.69, 9.17) is 5.11 Å². The molecule has 5 nitrogen and oxygen atoms in total. The van der Waals surface area contributed by atoms with Crippen LogP contribution < -0.4 is 0 Å². The standard InChI is InChI=1S/C14H20N2O3/c1-16(12-4-2-3-5-13(12)17)9-11-7-6-10(8-15-11)14(18)19/h6-8,12-13,17H,2-5,9H2,1H3,(H,18,19). The molecule has 0 saturated heterocycles. The largest absolute Gasteiger partial charge is 0.478 e. The van der Waals surface area contributed by atoms with Crippen molar-refractivity contribution in [3.05, 3.63) is 29.6 Å². The number of carbonyl (C=O) groups is 1. The van der Waals surface area contributed by atoms with E-state index in [9.17, 15) is 9.90 Å². The number of aliphatic hydroxyl groups excluding tert-OH is 1. The van der Waals surface area contributed by atoms with Crippen molar-refractivity contribution >= 4 is 5.97 Å². The third-order valence-corrected chi connectivity index (χ3v) is 3.74. The lowest BCUT2D eigenvalue weighted by atomic mass is 9.91. The summed E-state index contributed by atoms with van der Waals surface area (Å²) in [6.07, 6.45) is 5.22. The molecule has 5 heteroatoms. The molecule has 1 aliphatic carbocycles. The number of rotatable bonds is 4. The van der Waals surface area contributed by atoms with E-state index in [2.05, 4.69) is 9.88 Å². The van der Waals surface area contributed by atoms with Gasteiger partial charge in [0.25, 0.3) is 0 Å². The number of hydrogen-bond donors (Lipinski definition) is 2. The maximum atomic E-state index is 10.7. The van der Waals surface area contributed by atoms with Gasteiger partial charge >= 0.3 is 5.97 Å². The van der Waals surface area contributed by atoms with Gasteiger partial charge in [-0.25, -0.2) is 4.79 Å². The van der Waals surface area contributed by atoms with Crippen molar-refractivity contribution in [3.8, 4) is 0 Å². The van der Waals surface area contributed by atoms with Crippen molar-refractivity contribution in [2.75, 3.05) is 7.05 Å². The summed E-state index contributed by atoms with van der Waals surface area (Å²) in [5.74, 6) is -0.963. The second-order valence-corrected chi connectivity index (χ2v) is 5.18. The van der Waals surface area contributed by atoms with Crippen LogP contribution in [0.5, 0.6) is 0 Å². The van der Waals surface area contributed by atoms with Crippen molar-refractivity contribution < 1.29 is 15.0 Å². The van der Waals surface area contributed by atoms with Crippen molar-refractivity contribution in [1.82, 2.24) is 9.88 Å². The minimum absolute atomic E-state index is 0.176. The molecule has 0 aromatic carbocycles. The van der Waals surface area contributed by atoms with Gasteiger partial charge in [0, 0.05) is 18.8 Å². The summed E-state index contributed by atoms with van der Waals surface area (Å²) in [6, 6.07) is 3.47. The summed E-state index contributed by atoms with van der Waals surface area (Å²) in [5.41, 5.74) is 1.02. The Bertz CT molecular complexity index is 433. The number of likely N-dealkylation sites (N-methyl/N-ethyl adjacent to an activating group) is 1. The van der Waals surface area contributed by atoms with Crippen LogP contribution in [0.1, 0.15) is 41.7 Å². The molecule has 0 radical (unpaired) electrons. The molecule has 0 spiro atoms. The third kappa shape index (κ3) is 3.52. The molecule has 19 heavy (non-hydrogen) atoms. The van der Waals surface area contributed by atoms with Crippen molar-refractivity contribution in [2.24, 2.45) is 0 Å². The molecule has 104 valence electrons. The Balaban J connectivity index is 1.97. The Kier molecular flexibility index (Phi) is 4.50. The number of aliphatic hydroxyl groups is 1. The van der Waals surface area contributed by atoms with Crippen LogP contribution in [0, 0.1) is 0 Å². The van der Waals surface area contributed by atoms with Crippen LogP contribution >= 0.6 is 0 Å². The first kappa shape index (κ1) is 14.0. The number of hydrogen-bond acceptors (Lipinski definition) is 4. The lowest BCUT2D eigenvalue weighted by Crippen LogP contribution is -2.43. The Morgan fingerprint density at radius 2 is 2.16 bits per heavy atom. The Morgan fingerprint density at radius 1 is 1.42 bits per heavy atom. The van der Waals surface area contributed by atoms with Gasteiger partial charge in [-0.1, -0.05) is 12.8 Å². The first-order valence-corrected chi connectivity index (χ1v) is 6.64. The van der Waals surface area contributed by atoms with Crippen LogP contribution in [-0.2, 0) is 6.54 Å². The highest BCUT2D eigenvalue weighted by molar-refractivity contribution is 5.87. The average molecular weight is 264 g/mol. The van der Waals surface area contributed by atoms with Crippen LogP contribution in [0.25, 0.3) is 0 Å². The molecule has 0 aliphatic heterocycles. The van der Waals surface area contributed by atoms with Crippen molar-refractivity contribution in [3.63, 3.8) is 0 Å². The SMILES string of the molecule is CN(Cc1ccc(C(=O)O)cn1)C1CCCCC1O. The first-order chi connectivity index (χ1) is 9.08. The van der Waals surface area contributed by atoms with E-state index in [-0.39, 0.29) is 17.7 Å². The van der Waals surface area contributed by atoms with Crippen LogP contribution in [0.2, 0.25) is 0 Å². The molecule has 0 amide bonds. The molecular weight excluding hydrogens is 244 g/mol. The number of nitrogens with zero attached hydrogens (tertiary/aromatic N) is 2. The predicted molar refractivity (Wildman–Crippen MR) is 70.9 cm³/mol. The molecule has 1 saturated carbocycles. The monoisotopic (exact) mass is 264 g/mol. The minimum Gasteiger partial charge on any atom is -0.478 e. The van der Waals surface area contributed by atoms with E-state index < -0.39 is 5.97 Å². The number of carboxylic acids is 1. The number of aromatic nitrogens is 1. The molecule has 1 heterocycles. The Hall–Kier alpha value is -1.46. The number of pyridine rings is 1. The number of carboxylic acid groups (broad SMARTS) is 1. The van der Waals surface area contributed by atoms with Gasteiger partial charge in [-0.15, -0.1) is 0 Å². The zero-order chi connectivity index (χ0) is 13.8. The van der Waals surface area contributed by atoms with E-state index in [1.807, 2.05) is 7.05 Å². The van der Waals surface area contributed by atoms with Crippen LogP contribution in [0.15, 0.2) is 18.3 Å². The summed E-state index contributed by atoms with van der Waals surface area (Å²) in [5, 5.41) is 18.8. The second kappa shape index (κ2) is 6.12. The minimum atomic E-state index is -0.963. The van der Waals surface area contributed by atoms with Crippen LogP contribution in [-0.4, -0.2) is 45.3 Å². The summed E-state index contributed by atoms with van der Waals surface area (Å²) < 4.78 is 0. The van der Waals surface area contributed by atoms with Gasteiger partial charge in [-0.05, 0) is 32.0 Å².